The Hall–Kier alpha value is -3.96. The number of carbonyl (C=O) groups is 1. The zero-order chi connectivity index (χ0) is 27.0. The average Bonchev–Trinajstić information content (AvgIpc) is 3.34. The molecule has 2 aromatic heterocycles. The summed E-state index contributed by atoms with van der Waals surface area (Å²) in [5.74, 6) is 0.437. The molecule has 0 aliphatic carbocycles. The van der Waals surface area contributed by atoms with Gasteiger partial charge in [0.15, 0.2) is 11.9 Å². The molecule has 0 aliphatic rings. The highest BCUT2D eigenvalue weighted by molar-refractivity contribution is 9.11. The molecule has 0 saturated carbocycles. The Morgan fingerprint density at radius 2 is 1.84 bits per heavy atom. The fourth-order valence-corrected chi connectivity index (χ4v) is 5.24. The highest BCUT2D eigenvalue weighted by atomic mass is 79.9. The quantitative estimate of drug-likeness (QED) is 0.214. The van der Waals surface area contributed by atoms with Crippen LogP contribution in [0.4, 0.5) is 0 Å². The molecule has 0 fully saturated rings. The van der Waals surface area contributed by atoms with Crippen LogP contribution >= 0.6 is 31.9 Å². The van der Waals surface area contributed by atoms with Crippen molar-refractivity contribution in [3.05, 3.63) is 85.5 Å². The molecule has 11 heteroatoms. The van der Waals surface area contributed by atoms with Gasteiger partial charge >= 0.3 is 5.97 Å². The summed E-state index contributed by atoms with van der Waals surface area (Å²) in [5, 5.41) is 14.8. The zero-order valence-corrected chi connectivity index (χ0v) is 23.2. The van der Waals surface area contributed by atoms with Crippen LogP contribution in [0.1, 0.15) is 12.5 Å². The van der Waals surface area contributed by atoms with Gasteiger partial charge in [0.25, 0.3) is 5.56 Å². The smallest absolute Gasteiger partial charge is 0.344 e. The zero-order valence-electron chi connectivity index (χ0n) is 20.0. The fourth-order valence-electron chi connectivity index (χ4n) is 3.83. The van der Waals surface area contributed by atoms with Gasteiger partial charge in [-0.1, -0.05) is 18.2 Å². The van der Waals surface area contributed by atoms with Crippen LogP contribution in [0.15, 0.2) is 83.9 Å². The average molecular weight is 641 g/mol. The molecule has 0 bridgehead atoms. The number of furan rings is 1. The SMILES string of the molecule is COc1cccc2oc(-c3nc4ccccc4c(=O)n3N=Cc3cc(Br)c(O[C@@H](C)C(=O)O)c(Br)c3)cc12. The fraction of sp³-hybridized carbons (Fsp3) is 0.111. The number of fused-ring (bicyclic) bond motifs is 2. The van der Waals surface area contributed by atoms with Crippen molar-refractivity contribution in [1.82, 2.24) is 9.66 Å². The molecule has 0 spiro atoms. The number of benzene rings is 3. The predicted molar refractivity (Wildman–Crippen MR) is 150 cm³/mol. The van der Waals surface area contributed by atoms with Crippen molar-refractivity contribution < 1.29 is 23.8 Å². The largest absolute Gasteiger partial charge is 0.496 e. The number of halogens is 2. The number of rotatable bonds is 7. The van der Waals surface area contributed by atoms with Crippen LogP contribution in [-0.2, 0) is 4.79 Å². The minimum Gasteiger partial charge on any atom is -0.496 e. The lowest BCUT2D eigenvalue weighted by molar-refractivity contribution is -0.144. The van der Waals surface area contributed by atoms with Gasteiger partial charge in [-0.15, -0.1) is 0 Å². The minimum atomic E-state index is -1.09. The van der Waals surface area contributed by atoms with Gasteiger partial charge in [0.1, 0.15) is 17.1 Å². The maximum absolute atomic E-state index is 13.5. The van der Waals surface area contributed by atoms with Crippen molar-refractivity contribution in [2.45, 2.75) is 13.0 Å². The van der Waals surface area contributed by atoms with E-state index in [4.69, 9.17) is 19.0 Å². The van der Waals surface area contributed by atoms with Crippen LogP contribution < -0.4 is 15.0 Å². The van der Waals surface area contributed by atoms with E-state index in [9.17, 15) is 9.59 Å². The number of carboxylic acid groups (broad SMARTS) is 1. The molecule has 0 amide bonds. The predicted octanol–water partition coefficient (Wildman–Crippen LogP) is 6.08. The first kappa shape index (κ1) is 25.7. The number of carboxylic acids is 1. The lowest BCUT2D eigenvalue weighted by atomic mass is 10.2. The molecule has 0 unspecified atom stereocenters. The maximum Gasteiger partial charge on any atom is 0.344 e. The molecule has 192 valence electrons. The Labute approximate surface area is 232 Å². The second-order valence-corrected chi connectivity index (χ2v) is 9.92. The summed E-state index contributed by atoms with van der Waals surface area (Å²) in [7, 11) is 1.57. The van der Waals surface area contributed by atoms with Gasteiger partial charge in [0, 0.05) is 0 Å². The Morgan fingerprint density at radius 3 is 2.55 bits per heavy atom. The first-order valence-corrected chi connectivity index (χ1v) is 12.9. The molecular formula is C27H19Br2N3O6. The van der Waals surface area contributed by atoms with Gasteiger partial charge in [0.2, 0.25) is 5.82 Å². The summed E-state index contributed by atoms with van der Waals surface area (Å²) in [6.45, 7) is 1.44. The molecule has 9 nitrogen and oxygen atoms in total. The van der Waals surface area contributed by atoms with Crippen molar-refractivity contribution in [2.24, 2.45) is 5.10 Å². The standard InChI is InChI=1S/C27H19Br2N3O6/c1-14(27(34)35)37-24-18(28)10-15(11-19(24)29)13-30-32-25(31-20-7-4-3-6-16(20)26(32)33)23-12-17-21(36-2)8-5-9-22(17)38-23/h3-14H,1-2H3,(H,34,35)/t14-/m0/s1. The van der Waals surface area contributed by atoms with E-state index >= 15 is 0 Å². The molecule has 5 rings (SSSR count). The van der Waals surface area contributed by atoms with Gasteiger partial charge in [-0.05, 0) is 86.8 Å². The molecule has 1 atom stereocenters. The summed E-state index contributed by atoms with van der Waals surface area (Å²) >= 11 is 6.83. The van der Waals surface area contributed by atoms with E-state index in [1.54, 1.807) is 55.6 Å². The van der Waals surface area contributed by atoms with Gasteiger partial charge < -0.3 is 19.0 Å². The molecule has 0 saturated heterocycles. The van der Waals surface area contributed by atoms with Crippen LogP contribution in [-0.4, -0.2) is 40.2 Å². The van der Waals surface area contributed by atoms with E-state index in [0.717, 1.165) is 5.39 Å². The van der Waals surface area contributed by atoms with Crippen LogP contribution in [0.2, 0.25) is 0 Å². The Bertz CT molecular complexity index is 1770. The van der Waals surface area contributed by atoms with Gasteiger partial charge in [-0.3, -0.25) is 4.79 Å². The second kappa shape index (κ2) is 10.4. The summed E-state index contributed by atoms with van der Waals surface area (Å²) in [6, 6.07) is 17.6. The van der Waals surface area contributed by atoms with E-state index in [1.807, 2.05) is 12.1 Å². The van der Waals surface area contributed by atoms with E-state index in [0.29, 0.717) is 48.3 Å². The highest BCUT2D eigenvalue weighted by Gasteiger charge is 2.19. The van der Waals surface area contributed by atoms with Crippen molar-refractivity contribution in [2.75, 3.05) is 7.11 Å². The third-order valence-corrected chi connectivity index (χ3v) is 6.88. The Kier molecular flexibility index (Phi) is 7.04. The van der Waals surface area contributed by atoms with E-state index in [1.165, 1.54) is 17.8 Å². The number of aromatic nitrogens is 2. The topological polar surface area (TPSA) is 116 Å². The second-order valence-electron chi connectivity index (χ2n) is 8.21. The van der Waals surface area contributed by atoms with Crippen molar-refractivity contribution in [1.29, 1.82) is 0 Å². The van der Waals surface area contributed by atoms with Gasteiger partial charge in [-0.2, -0.15) is 9.78 Å². The summed E-state index contributed by atoms with van der Waals surface area (Å²) in [5.41, 5.74) is 1.32. The number of hydrogen-bond acceptors (Lipinski definition) is 7. The third kappa shape index (κ3) is 4.82. The molecule has 5 aromatic rings. The lowest BCUT2D eigenvalue weighted by Gasteiger charge is -2.14. The summed E-state index contributed by atoms with van der Waals surface area (Å²) in [4.78, 5) is 29.4. The normalized spacial score (nSPS) is 12.3. The third-order valence-electron chi connectivity index (χ3n) is 5.70. The Morgan fingerprint density at radius 1 is 1.11 bits per heavy atom. The number of ether oxygens (including phenoxy) is 2. The molecule has 0 radical (unpaired) electrons. The van der Waals surface area contributed by atoms with Gasteiger partial charge in [0.05, 0.1) is 38.6 Å². The van der Waals surface area contributed by atoms with Crippen molar-refractivity contribution in [3.63, 3.8) is 0 Å². The minimum absolute atomic E-state index is 0.219. The number of para-hydroxylation sites is 1. The highest BCUT2D eigenvalue weighted by Crippen LogP contribution is 2.36. The number of methoxy groups -OCH3 is 1. The molecule has 3 aromatic carbocycles. The van der Waals surface area contributed by atoms with Crippen molar-refractivity contribution in [3.8, 4) is 23.1 Å². The lowest BCUT2D eigenvalue weighted by Crippen LogP contribution is -2.23. The van der Waals surface area contributed by atoms with E-state index in [-0.39, 0.29) is 11.4 Å². The number of aliphatic carboxylic acids is 1. The first-order chi connectivity index (χ1) is 18.3. The molecule has 1 N–H and O–H groups in total. The van der Waals surface area contributed by atoms with E-state index < -0.39 is 12.1 Å². The Balaban J connectivity index is 1.63. The van der Waals surface area contributed by atoms with Crippen LogP contribution in [0, 0.1) is 0 Å². The first-order valence-electron chi connectivity index (χ1n) is 11.3. The van der Waals surface area contributed by atoms with Gasteiger partial charge in [-0.25, -0.2) is 9.78 Å². The molecular weight excluding hydrogens is 622 g/mol. The molecule has 0 aliphatic heterocycles. The summed E-state index contributed by atoms with van der Waals surface area (Å²) in [6.07, 6.45) is 0.444. The monoisotopic (exact) mass is 639 g/mol. The maximum atomic E-state index is 13.5. The molecule has 38 heavy (non-hydrogen) atoms. The summed E-state index contributed by atoms with van der Waals surface area (Å²) < 4.78 is 19.2. The van der Waals surface area contributed by atoms with Crippen LogP contribution in [0.25, 0.3) is 33.5 Å². The van der Waals surface area contributed by atoms with Crippen LogP contribution in [0.3, 0.4) is 0 Å². The molecule has 2 heterocycles. The van der Waals surface area contributed by atoms with E-state index in [2.05, 4.69) is 41.9 Å². The van der Waals surface area contributed by atoms with Crippen LogP contribution in [0.5, 0.6) is 11.5 Å². The number of nitrogens with zero attached hydrogens (tertiary/aromatic N) is 3. The van der Waals surface area contributed by atoms with Crippen molar-refractivity contribution >= 4 is 65.9 Å². The number of hydrogen-bond donors (Lipinski definition) is 1.